The molecule has 1 N–H and O–H groups in total. The lowest BCUT2D eigenvalue weighted by Crippen LogP contribution is -2.47. The van der Waals surface area contributed by atoms with Crippen LogP contribution in [0.3, 0.4) is 0 Å². The minimum Gasteiger partial charge on any atom is -0.355 e. The van der Waals surface area contributed by atoms with Crippen LogP contribution in [0.4, 0.5) is 4.79 Å². The van der Waals surface area contributed by atoms with Gasteiger partial charge in [0.15, 0.2) is 0 Å². The summed E-state index contributed by atoms with van der Waals surface area (Å²) in [6.07, 6.45) is 1.26. The summed E-state index contributed by atoms with van der Waals surface area (Å²) in [6.45, 7) is 1.82. The molecule has 0 saturated carbocycles. The number of nitrogens with zero attached hydrogens (tertiary/aromatic N) is 3. The zero-order chi connectivity index (χ0) is 18.8. The highest BCUT2D eigenvalue weighted by atomic mass is 32.2. The summed E-state index contributed by atoms with van der Waals surface area (Å²) in [6, 6.07) is -0.163. The monoisotopic (exact) mass is 374 g/mol. The lowest BCUT2D eigenvalue weighted by molar-refractivity contribution is -0.132. The molecule has 0 aromatic rings. The molecule has 0 aliphatic carbocycles. The van der Waals surface area contributed by atoms with Crippen molar-refractivity contribution in [3.05, 3.63) is 0 Å². The summed E-state index contributed by atoms with van der Waals surface area (Å²) in [4.78, 5) is 41.3. The third kappa shape index (κ3) is 5.07. The Balaban J connectivity index is 2.17. The molecule has 1 spiro atoms. The fourth-order valence-electron chi connectivity index (χ4n) is 3.32. The van der Waals surface area contributed by atoms with Crippen molar-refractivity contribution in [1.82, 2.24) is 20.0 Å². The summed E-state index contributed by atoms with van der Waals surface area (Å²) in [5.41, 5.74) is -0.528. The molecule has 2 aliphatic heterocycles. The van der Waals surface area contributed by atoms with Gasteiger partial charge in [0, 0.05) is 71.3 Å². The molecule has 2 saturated heterocycles. The van der Waals surface area contributed by atoms with Crippen LogP contribution in [0.25, 0.3) is 0 Å². The number of nitrogens with one attached hydrogen (secondary N) is 1. The van der Waals surface area contributed by atoms with Gasteiger partial charge in [0.1, 0.15) is 9.84 Å². The molecule has 2 aliphatic rings. The molecular formula is C15H26N4O5S. The largest absolute Gasteiger partial charge is 0.355 e. The van der Waals surface area contributed by atoms with Crippen molar-refractivity contribution in [2.75, 3.05) is 58.8 Å². The first-order valence-electron chi connectivity index (χ1n) is 8.20. The van der Waals surface area contributed by atoms with Gasteiger partial charge < -0.3 is 20.0 Å². The van der Waals surface area contributed by atoms with E-state index in [2.05, 4.69) is 5.32 Å². The SMILES string of the molecule is CN(C)C(=O)N1CCN(C(=O)CCS(C)(=O)=O)CC2(CNC(=O)C2)C1. The lowest BCUT2D eigenvalue weighted by atomic mass is 9.86. The zero-order valence-corrected chi connectivity index (χ0v) is 15.8. The van der Waals surface area contributed by atoms with Crippen LogP contribution in [0.5, 0.6) is 0 Å². The molecule has 2 fully saturated rings. The summed E-state index contributed by atoms with van der Waals surface area (Å²) < 4.78 is 22.6. The maximum Gasteiger partial charge on any atom is 0.319 e. The van der Waals surface area contributed by atoms with Gasteiger partial charge in [-0.15, -0.1) is 0 Å². The second-order valence-corrected chi connectivity index (χ2v) is 9.51. The summed E-state index contributed by atoms with van der Waals surface area (Å²) >= 11 is 0. The third-order valence-electron chi connectivity index (χ3n) is 4.58. The first kappa shape index (κ1) is 19.5. The van der Waals surface area contributed by atoms with Crippen LogP contribution in [0.15, 0.2) is 0 Å². The first-order chi connectivity index (χ1) is 11.5. The molecule has 0 bridgehead atoms. The van der Waals surface area contributed by atoms with Crippen molar-refractivity contribution < 1.29 is 22.8 Å². The maximum absolute atomic E-state index is 12.5. The van der Waals surface area contributed by atoms with Crippen molar-refractivity contribution in [1.29, 1.82) is 0 Å². The van der Waals surface area contributed by atoms with Crippen molar-refractivity contribution in [2.45, 2.75) is 12.8 Å². The van der Waals surface area contributed by atoms with Gasteiger partial charge in [-0.05, 0) is 0 Å². The molecule has 2 heterocycles. The van der Waals surface area contributed by atoms with Gasteiger partial charge in [0.2, 0.25) is 11.8 Å². The molecule has 9 nitrogen and oxygen atoms in total. The molecule has 10 heteroatoms. The highest BCUT2D eigenvalue weighted by molar-refractivity contribution is 7.90. The van der Waals surface area contributed by atoms with E-state index < -0.39 is 15.3 Å². The average molecular weight is 374 g/mol. The van der Waals surface area contributed by atoms with Gasteiger partial charge in [0.05, 0.1) is 5.75 Å². The molecule has 142 valence electrons. The minimum atomic E-state index is -3.22. The summed E-state index contributed by atoms with van der Waals surface area (Å²) in [5.74, 6) is -0.557. The standard InChI is InChI=1S/C15H26N4O5S/c1-17(2)14(22)19-6-5-18(13(21)4-7-25(3,23)24)10-15(11-19)8-12(20)16-9-15/h4-11H2,1-3H3,(H,16,20). The van der Waals surface area contributed by atoms with E-state index in [1.807, 2.05) is 0 Å². The van der Waals surface area contributed by atoms with Crippen molar-refractivity contribution >= 4 is 27.7 Å². The summed E-state index contributed by atoms with van der Waals surface area (Å²) in [5, 5.41) is 2.79. The van der Waals surface area contributed by atoms with Crippen molar-refractivity contribution in [3.63, 3.8) is 0 Å². The number of urea groups is 1. The topological polar surface area (TPSA) is 107 Å². The van der Waals surface area contributed by atoms with Crippen LogP contribution in [-0.4, -0.2) is 99.8 Å². The third-order valence-corrected chi connectivity index (χ3v) is 5.53. The molecular weight excluding hydrogens is 348 g/mol. The fraction of sp³-hybridized carbons (Fsp3) is 0.800. The van der Waals surface area contributed by atoms with Crippen LogP contribution in [0.1, 0.15) is 12.8 Å². The number of carbonyl (C=O) groups excluding carboxylic acids is 3. The second kappa shape index (κ2) is 7.19. The maximum atomic E-state index is 12.5. The Morgan fingerprint density at radius 2 is 1.80 bits per heavy atom. The van der Waals surface area contributed by atoms with E-state index in [1.165, 1.54) is 4.90 Å². The number of amides is 4. The molecule has 0 aromatic carbocycles. The number of hydrogen-bond donors (Lipinski definition) is 1. The van der Waals surface area contributed by atoms with Crippen LogP contribution >= 0.6 is 0 Å². The zero-order valence-electron chi connectivity index (χ0n) is 14.9. The minimum absolute atomic E-state index is 0.0854. The molecule has 1 atom stereocenters. The Hall–Kier alpha value is -1.84. The molecule has 0 radical (unpaired) electrons. The van der Waals surface area contributed by atoms with E-state index in [0.29, 0.717) is 32.7 Å². The Morgan fingerprint density at radius 3 is 2.32 bits per heavy atom. The van der Waals surface area contributed by atoms with Crippen molar-refractivity contribution in [2.24, 2.45) is 5.41 Å². The van der Waals surface area contributed by atoms with E-state index >= 15 is 0 Å². The quantitative estimate of drug-likeness (QED) is 0.664. The predicted molar refractivity (Wildman–Crippen MR) is 91.6 cm³/mol. The number of carbonyl (C=O) groups is 3. The normalized spacial score (nSPS) is 24.2. The Kier molecular flexibility index (Phi) is 5.60. The highest BCUT2D eigenvalue weighted by Gasteiger charge is 2.45. The predicted octanol–water partition coefficient (Wildman–Crippen LogP) is -1.25. The van der Waals surface area contributed by atoms with E-state index in [-0.39, 0.29) is 36.4 Å². The van der Waals surface area contributed by atoms with Crippen LogP contribution in [0, 0.1) is 5.41 Å². The molecule has 2 rings (SSSR count). The van der Waals surface area contributed by atoms with Gasteiger partial charge >= 0.3 is 6.03 Å². The van der Waals surface area contributed by atoms with Gasteiger partial charge in [-0.25, -0.2) is 13.2 Å². The van der Waals surface area contributed by atoms with Gasteiger partial charge in [-0.1, -0.05) is 0 Å². The lowest BCUT2D eigenvalue weighted by Gasteiger charge is -2.33. The van der Waals surface area contributed by atoms with E-state index in [4.69, 9.17) is 0 Å². The summed E-state index contributed by atoms with van der Waals surface area (Å²) in [7, 11) is 0.0955. The average Bonchev–Trinajstić information content (AvgIpc) is 2.75. The van der Waals surface area contributed by atoms with Crippen LogP contribution < -0.4 is 5.32 Å². The Morgan fingerprint density at radius 1 is 1.20 bits per heavy atom. The Labute approximate surface area is 148 Å². The van der Waals surface area contributed by atoms with E-state index in [9.17, 15) is 22.8 Å². The Bertz CT molecular complexity index is 663. The number of rotatable bonds is 3. The van der Waals surface area contributed by atoms with Crippen molar-refractivity contribution in [3.8, 4) is 0 Å². The smallest absolute Gasteiger partial charge is 0.319 e. The van der Waals surface area contributed by atoms with Gasteiger partial charge in [0.25, 0.3) is 0 Å². The molecule has 1 unspecified atom stereocenters. The molecule has 4 amide bonds. The molecule has 0 aromatic heterocycles. The first-order valence-corrected chi connectivity index (χ1v) is 10.3. The highest BCUT2D eigenvalue weighted by Crippen LogP contribution is 2.31. The van der Waals surface area contributed by atoms with Crippen LogP contribution in [-0.2, 0) is 19.4 Å². The fourth-order valence-corrected chi connectivity index (χ4v) is 3.87. The molecule has 25 heavy (non-hydrogen) atoms. The number of hydrogen-bond acceptors (Lipinski definition) is 5. The van der Waals surface area contributed by atoms with Crippen LogP contribution in [0.2, 0.25) is 0 Å². The van der Waals surface area contributed by atoms with E-state index in [0.717, 1.165) is 6.26 Å². The van der Waals surface area contributed by atoms with Gasteiger partial charge in [-0.2, -0.15) is 0 Å². The van der Waals surface area contributed by atoms with E-state index in [1.54, 1.807) is 23.9 Å². The van der Waals surface area contributed by atoms with Gasteiger partial charge in [-0.3, -0.25) is 9.59 Å². The second-order valence-electron chi connectivity index (χ2n) is 7.25. The number of sulfone groups is 1.